The third-order valence-corrected chi connectivity index (χ3v) is 5.09. The van der Waals surface area contributed by atoms with Gasteiger partial charge < -0.3 is 9.84 Å². The number of Topliss-reactive ketones (excluding diaryl/α,β-unsaturated/α-hetero) is 1. The number of benzene rings is 1. The van der Waals surface area contributed by atoms with E-state index in [2.05, 4.69) is 0 Å². The molecule has 2 fully saturated rings. The molecule has 0 aromatic heterocycles. The van der Waals surface area contributed by atoms with Crippen molar-refractivity contribution in [3.8, 4) is 5.75 Å². The summed E-state index contributed by atoms with van der Waals surface area (Å²) in [6.07, 6.45) is 2.00. The number of fused-ring (bicyclic) bond motifs is 2. The van der Waals surface area contributed by atoms with Crippen molar-refractivity contribution in [3.05, 3.63) is 28.3 Å². The molecule has 0 spiro atoms. The number of methoxy groups -OCH3 is 1. The van der Waals surface area contributed by atoms with E-state index in [9.17, 15) is 9.90 Å². The molecule has 4 unspecified atom stereocenters. The number of ketones is 1. The number of hydrogen-bond acceptors (Lipinski definition) is 3. The van der Waals surface area contributed by atoms with E-state index in [-0.39, 0.29) is 17.6 Å². The molecule has 2 saturated carbocycles. The Bertz CT molecular complexity index is 555. The Balaban J connectivity index is 2.10. The van der Waals surface area contributed by atoms with E-state index in [4.69, 9.17) is 16.3 Å². The van der Waals surface area contributed by atoms with E-state index in [0.717, 1.165) is 24.8 Å². The minimum Gasteiger partial charge on any atom is -0.496 e. The Morgan fingerprint density at radius 2 is 2.10 bits per heavy atom. The van der Waals surface area contributed by atoms with Crippen molar-refractivity contribution in [1.29, 1.82) is 0 Å². The molecule has 0 radical (unpaired) electrons. The first kappa shape index (κ1) is 13.9. The van der Waals surface area contributed by atoms with Gasteiger partial charge in [0.05, 0.1) is 19.1 Å². The maximum absolute atomic E-state index is 12.6. The molecule has 3 nitrogen and oxygen atoms in total. The fourth-order valence-electron chi connectivity index (χ4n) is 3.78. The van der Waals surface area contributed by atoms with Crippen LogP contribution in [0.3, 0.4) is 0 Å². The van der Waals surface area contributed by atoms with Gasteiger partial charge in [-0.1, -0.05) is 11.6 Å². The molecule has 0 saturated heterocycles. The summed E-state index contributed by atoms with van der Waals surface area (Å²) in [4.78, 5) is 12.6. The lowest BCUT2D eigenvalue weighted by molar-refractivity contribution is -0.130. The number of aryl methyl sites for hydroxylation is 1. The first-order valence-corrected chi connectivity index (χ1v) is 7.46. The van der Waals surface area contributed by atoms with Gasteiger partial charge in [0.15, 0.2) is 0 Å². The summed E-state index contributed by atoms with van der Waals surface area (Å²) < 4.78 is 5.40. The van der Waals surface area contributed by atoms with Gasteiger partial charge in [0, 0.05) is 16.5 Å². The molecule has 2 aliphatic carbocycles. The zero-order valence-electron chi connectivity index (χ0n) is 11.7. The summed E-state index contributed by atoms with van der Waals surface area (Å²) in [5.74, 6) is 0.480. The topological polar surface area (TPSA) is 46.5 Å². The van der Waals surface area contributed by atoms with Crippen molar-refractivity contribution < 1.29 is 14.6 Å². The maximum atomic E-state index is 12.6. The molecule has 2 aliphatic rings. The quantitative estimate of drug-likeness (QED) is 0.912. The van der Waals surface area contributed by atoms with Crippen LogP contribution >= 0.6 is 11.6 Å². The number of ether oxygens (including phenoxy) is 1. The van der Waals surface area contributed by atoms with Crippen LogP contribution in [0.15, 0.2) is 12.1 Å². The molecule has 108 valence electrons. The Labute approximate surface area is 123 Å². The molecule has 20 heavy (non-hydrogen) atoms. The van der Waals surface area contributed by atoms with Gasteiger partial charge in [-0.2, -0.15) is 0 Å². The van der Waals surface area contributed by atoms with Crippen molar-refractivity contribution >= 4 is 17.4 Å². The summed E-state index contributed by atoms with van der Waals surface area (Å²) in [6.45, 7) is 1.93. The number of aliphatic hydroxyl groups is 1. The van der Waals surface area contributed by atoms with Crippen LogP contribution in [0.2, 0.25) is 5.02 Å². The van der Waals surface area contributed by atoms with E-state index in [1.807, 2.05) is 19.1 Å². The fourth-order valence-corrected chi connectivity index (χ4v) is 4.17. The number of aliphatic hydroxyl groups excluding tert-OH is 1. The lowest BCUT2D eigenvalue weighted by atomic mass is 9.74. The normalized spacial score (nSPS) is 32.5. The van der Waals surface area contributed by atoms with Crippen molar-refractivity contribution in [2.75, 3.05) is 7.11 Å². The SMILES string of the molecule is COc1cc(C)cc(Cl)c1C1C(=O)C2CCC(C2)C1O. The standard InChI is InChI=1S/C16H19ClO3/c1-8-5-11(17)13(12(6-8)20-2)14-15(18)9-3-4-10(7-9)16(14)19/h5-6,9-10,14-15,18H,3-4,7H2,1-2H3. The van der Waals surface area contributed by atoms with Gasteiger partial charge in [0.2, 0.25) is 0 Å². The van der Waals surface area contributed by atoms with Gasteiger partial charge in [-0.05, 0) is 49.8 Å². The van der Waals surface area contributed by atoms with E-state index in [1.165, 1.54) is 0 Å². The van der Waals surface area contributed by atoms with Crippen LogP contribution in [-0.4, -0.2) is 24.1 Å². The Morgan fingerprint density at radius 1 is 1.35 bits per heavy atom. The van der Waals surface area contributed by atoms with Crippen LogP contribution in [0, 0.1) is 18.8 Å². The summed E-state index contributed by atoms with van der Waals surface area (Å²) in [5.41, 5.74) is 1.64. The molecule has 1 aromatic rings. The van der Waals surface area contributed by atoms with Gasteiger partial charge in [-0.15, -0.1) is 0 Å². The minimum absolute atomic E-state index is 0.0791. The molecular weight excluding hydrogens is 276 g/mol. The highest BCUT2D eigenvalue weighted by molar-refractivity contribution is 6.32. The molecule has 2 bridgehead atoms. The van der Waals surface area contributed by atoms with E-state index < -0.39 is 12.0 Å². The first-order valence-electron chi connectivity index (χ1n) is 7.08. The van der Waals surface area contributed by atoms with E-state index in [0.29, 0.717) is 16.3 Å². The first-order chi connectivity index (χ1) is 9.52. The van der Waals surface area contributed by atoms with Crippen LogP contribution in [-0.2, 0) is 4.79 Å². The maximum Gasteiger partial charge on any atom is 0.146 e. The Morgan fingerprint density at radius 3 is 2.80 bits per heavy atom. The average Bonchev–Trinajstić information content (AvgIpc) is 2.85. The summed E-state index contributed by atoms with van der Waals surface area (Å²) in [5, 5.41) is 11.1. The number of carbonyl (C=O) groups excluding carboxylic acids is 1. The third-order valence-electron chi connectivity index (χ3n) is 4.77. The summed E-state index contributed by atoms with van der Waals surface area (Å²) in [7, 11) is 1.57. The molecule has 4 heteroatoms. The molecule has 1 aromatic carbocycles. The number of hydrogen-bond donors (Lipinski definition) is 1. The molecule has 4 atom stereocenters. The molecular formula is C16H19ClO3. The van der Waals surface area contributed by atoms with Crippen molar-refractivity contribution in [2.24, 2.45) is 11.8 Å². The second kappa shape index (κ2) is 5.05. The van der Waals surface area contributed by atoms with Gasteiger partial charge >= 0.3 is 0 Å². The number of halogens is 1. The minimum atomic E-state index is -0.643. The predicted molar refractivity (Wildman–Crippen MR) is 77.3 cm³/mol. The molecule has 1 N–H and O–H groups in total. The largest absolute Gasteiger partial charge is 0.496 e. The smallest absolute Gasteiger partial charge is 0.146 e. The van der Waals surface area contributed by atoms with Crippen LogP contribution in [0.25, 0.3) is 0 Å². The van der Waals surface area contributed by atoms with Crippen LogP contribution < -0.4 is 4.74 Å². The van der Waals surface area contributed by atoms with E-state index >= 15 is 0 Å². The summed E-state index contributed by atoms with van der Waals surface area (Å²) in [6, 6.07) is 3.70. The fraction of sp³-hybridized carbons (Fsp3) is 0.562. The van der Waals surface area contributed by atoms with Gasteiger partial charge in [0.25, 0.3) is 0 Å². The highest BCUT2D eigenvalue weighted by Gasteiger charge is 2.48. The lowest BCUT2D eigenvalue weighted by Gasteiger charge is -2.33. The predicted octanol–water partition coefficient (Wildman–Crippen LogP) is 3.10. The summed E-state index contributed by atoms with van der Waals surface area (Å²) >= 11 is 6.35. The second-order valence-electron chi connectivity index (χ2n) is 6.00. The Kier molecular flexibility index (Phi) is 3.51. The monoisotopic (exact) mass is 294 g/mol. The van der Waals surface area contributed by atoms with E-state index in [1.54, 1.807) is 7.11 Å². The lowest BCUT2D eigenvalue weighted by Crippen LogP contribution is -2.38. The number of carbonyl (C=O) groups is 1. The number of rotatable bonds is 2. The van der Waals surface area contributed by atoms with Gasteiger partial charge in [-0.25, -0.2) is 0 Å². The highest BCUT2D eigenvalue weighted by Crippen LogP contribution is 2.49. The second-order valence-corrected chi connectivity index (χ2v) is 6.41. The van der Waals surface area contributed by atoms with Crippen LogP contribution in [0.1, 0.15) is 36.3 Å². The molecule has 0 amide bonds. The van der Waals surface area contributed by atoms with Crippen LogP contribution in [0.5, 0.6) is 5.75 Å². The molecule has 0 heterocycles. The van der Waals surface area contributed by atoms with Crippen molar-refractivity contribution in [2.45, 2.75) is 38.2 Å². The zero-order valence-corrected chi connectivity index (χ0v) is 12.5. The third kappa shape index (κ3) is 2.04. The molecule has 3 rings (SSSR count). The highest BCUT2D eigenvalue weighted by atomic mass is 35.5. The Hall–Kier alpha value is -1.06. The average molecular weight is 295 g/mol. The zero-order chi connectivity index (χ0) is 14.4. The van der Waals surface area contributed by atoms with Crippen molar-refractivity contribution in [3.63, 3.8) is 0 Å². The van der Waals surface area contributed by atoms with Gasteiger partial charge in [-0.3, -0.25) is 4.79 Å². The van der Waals surface area contributed by atoms with Crippen molar-refractivity contribution in [1.82, 2.24) is 0 Å². The van der Waals surface area contributed by atoms with Crippen LogP contribution in [0.4, 0.5) is 0 Å². The van der Waals surface area contributed by atoms with Gasteiger partial charge in [0.1, 0.15) is 11.5 Å². The molecule has 0 aliphatic heterocycles.